The van der Waals surface area contributed by atoms with Crippen LogP contribution in [0, 0.1) is 0 Å². The molecule has 6 nitrogen and oxygen atoms in total. The highest BCUT2D eigenvalue weighted by Gasteiger charge is 2.31. The smallest absolute Gasteiger partial charge is 0.417 e. The van der Waals surface area contributed by atoms with Gasteiger partial charge in [-0.2, -0.15) is 23.0 Å². The van der Waals surface area contributed by atoms with E-state index in [0.717, 1.165) is 16.8 Å². The highest BCUT2D eigenvalue weighted by molar-refractivity contribution is 5.94. The Labute approximate surface area is 173 Å². The molecular formula is C22H14F3N3O3. The van der Waals surface area contributed by atoms with Crippen LogP contribution in [0.25, 0.3) is 27.8 Å². The van der Waals surface area contributed by atoms with E-state index in [0.29, 0.717) is 52.9 Å². The summed E-state index contributed by atoms with van der Waals surface area (Å²) >= 11 is 0. The molecular weight excluding hydrogens is 411 g/mol. The zero-order valence-electron chi connectivity index (χ0n) is 15.9. The van der Waals surface area contributed by atoms with E-state index in [1.807, 2.05) is 0 Å². The first-order chi connectivity index (χ1) is 14.9. The number of benzene rings is 2. The third kappa shape index (κ3) is 3.37. The van der Waals surface area contributed by atoms with Crippen molar-refractivity contribution < 1.29 is 22.6 Å². The molecule has 9 heteroatoms. The van der Waals surface area contributed by atoms with E-state index in [1.54, 1.807) is 42.5 Å². The Morgan fingerprint density at radius 2 is 1.65 bits per heavy atom. The lowest BCUT2D eigenvalue weighted by molar-refractivity contribution is -0.137. The summed E-state index contributed by atoms with van der Waals surface area (Å²) in [5, 5.41) is 5.41. The topological polar surface area (TPSA) is 66.2 Å². The Morgan fingerprint density at radius 3 is 2.35 bits per heavy atom. The summed E-state index contributed by atoms with van der Waals surface area (Å²) in [6.45, 7) is 0.873. The zero-order valence-corrected chi connectivity index (χ0v) is 15.9. The third-order valence-corrected chi connectivity index (χ3v) is 4.91. The summed E-state index contributed by atoms with van der Waals surface area (Å²) in [6, 6.07) is 14.2. The molecule has 3 heterocycles. The fraction of sp³-hybridized carbons (Fsp3) is 0.136. The Balaban J connectivity index is 1.71. The molecule has 1 aliphatic heterocycles. The summed E-state index contributed by atoms with van der Waals surface area (Å²) < 4.78 is 50.9. The van der Waals surface area contributed by atoms with Gasteiger partial charge < -0.3 is 9.47 Å². The molecule has 2 aromatic carbocycles. The van der Waals surface area contributed by atoms with Gasteiger partial charge in [-0.15, -0.1) is 0 Å². The summed E-state index contributed by atoms with van der Waals surface area (Å²) in [5.41, 5.74) is -0.253. The molecule has 4 aromatic rings. The number of rotatable bonds is 2. The number of hydrogen-bond acceptors (Lipinski definition) is 5. The SMILES string of the molecule is O=c1c2ccccc2c(-c2ccc3c(c2)OCCO3)nn1-c1ccc(C(F)(F)F)cn1. The number of alkyl halides is 3. The molecule has 0 N–H and O–H groups in total. The molecule has 1 aliphatic rings. The van der Waals surface area contributed by atoms with Gasteiger partial charge in [-0.05, 0) is 36.4 Å². The second-order valence-electron chi connectivity index (χ2n) is 6.87. The van der Waals surface area contributed by atoms with Crippen LogP contribution in [0.1, 0.15) is 5.56 Å². The van der Waals surface area contributed by atoms with E-state index < -0.39 is 17.3 Å². The van der Waals surface area contributed by atoms with E-state index in [9.17, 15) is 18.0 Å². The monoisotopic (exact) mass is 425 g/mol. The molecule has 0 unspecified atom stereocenters. The minimum absolute atomic E-state index is 0.0115. The van der Waals surface area contributed by atoms with Crippen LogP contribution in [0.5, 0.6) is 11.5 Å². The van der Waals surface area contributed by atoms with Gasteiger partial charge in [0.05, 0.1) is 16.6 Å². The van der Waals surface area contributed by atoms with Crippen LogP contribution in [0.3, 0.4) is 0 Å². The molecule has 0 atom stereocenters. The first-order valence-corrected chi connectivity index (χ1v) is 9.37. The molecule has 0 saturated carbocycles. The predicted octanol–water partition coefficient (Wildman–Crippen LogP) is 4.24. The lowest BCUT2D eigenvalue weighted by Gasteiger charge is -2.19. The number of aromatic nitrogens is 3. The number of ether oxygens (including phenoxy) is 2. The summed E-state index contributed by atoms with van der Waals surface area (Å²) in [4.78, 5) is 16.8. The lowest BCUT2D eigenvalue weighted by atomic mass is 10.0. The maximum Gasteiger partial charge on any atom is 0.417 e. The van der Waals surface area contributed by atoms with Crippen molar-refractivity contribution >= 4 is 10.8 Å². The van der Waals surface area contributed by atoms with Gasteiger partial charge in [-0.25, -0.2) is 4.98 Å². The minimum atomic E-state index is -4.52. The number of hydrogen-bond donors (Lipinski definition) is 0. The molecule has 31 heavy (non-hydrogen) atoms. The summed E-state index contributed by atoms with van der Waals surface area (Å²) in [7, 11) is 0. The van der Waals surface area contributed by atoms with Gasteiger partial charge in [0.15, 0.2) is 17.3 Å². The first-order valence-electron chi connectivity index (χ1n) is 9.37. The second-order valence-corrected chi connectivity index (χ2v) is 6.87. The van der Waals surface area contributed by atoms with Crippen molar-refractivity contribution in [3.05, 3.63) is 76.7 Å². The number of nitrogens with zero attached hydrogens (tertiary/aromatic N) is 3. The van der Waals surface area contributed by atoms with Crippen molar-refractivity contribution in [1.29, 1.82) is 0 Å². The molecule has 0 saturated heterocycles. The van der Waals surface area contributed by atoms with Crippen LogP contribution < -0.4 is 15.0 Å². The third-order valence-electron chi connectivity index (χ3n) is 4.91. The summed E-state index contributed by atoms with van der Waals surface area (Å²) in [6.07, 6.45) is -3.84. The van der Waals surface area contributed by atoms with Crippen LogP contribution in [0.4, 0.5) is 13.2 Å². The first kappa shape index (κ1) is 19.1. The van der Waals surface area contributed by atoms with Gasteiger partial charge in [0.2, 0.25) is 0 Å². The predicted molar refractivity (Wildman–Crippen MR) is 107 cm³/mol. The van der Waals surface area contributed by atoms with Gasteiger partial charge in [-0.3, -0.25) is 4.79 Å². The lowest BCUT2D eigenvalue weighted by Crippen LogP contribution is -2.23. The Morgan fingerprint density at radius 1 is 0.903 bits per heavy atom. The maximum atomic E-state index is 13.0. The average Bonchev–Trinajstić information content (AvgIpc) is 2.79. The molecule has 0 aliphatic carbocycles. The fourth-order valence-electron chi connectivity index (χ4n) is 3.43. The van der Waals surface area contributed by atoms with Gasteiger partial charge in [-0.1, -0.05) is 18.2 Å². The highest BCUT2D eigenvalue weighted by Crippen LogP contribution is 2.35. The van der Waals surface area contributed by atoms with Crippen LogP contribution >= 0.6 is 0 Å². The Bertz CT molecular complexity index is 1350. The van der Waals surface area contributed by atoms with Gasteiger partial charge in [0.1, 0.15) is 13.2 Å². The zero-order chi connectivity index (χ0) is 21.6. The summed E-state index contributed by atoms with van der Waals surface area (Å²) in [5.74, 6) is 1.15. The normalized spacial score (nSPS) is 13.4. The van der Waals surface area contributed by atoms with Gasteiger partial charge in [0, 0.05) is 17.1 Å². The molecule has 0 bridgehead atoms. The number of pyridine rings is 1. The second kappa shape index (κ2) is 7.12. The molecule has 0 fully saturated rings. The molecule has 156 valence electrons. The van der Waals surface area contributed by atoms with Gasteiger partial charge >= 0.3 is 6.18 Å². The molecule has 0 amide bonds. The van der Waals surface area contributed by atoms with Crippen LogP contribution in [-0.4, -0.2) is 28.0 Å². The largest absolute Gasteiger partial charge is 0.486 e. The van der Waals surface area contributed by atoms with Crippen molar-refractivity contribution in [3.8, 4) is 28.6 Å². The van der Waals surface area contributed by atoms with E-state index in [4.69, 9.17) is 9.47 Å². The molecule has 0 spiro atoms. The van der Waals surface area contributed by atoms with Crippen molar-refractivity contribution in [2.24, 2.45) is 0 Å². The minimum Gasteiger partial charge on any atom is -0.486 e. The highest BCUT2D eigenvalue weighted by atomic mass is 19.4. The maximum absolute atomic E-state index is 13.0. The van der Waals surface area contributed by atoms with Gasteiger partial charge in [0.25, 0.3) is 5.56 Å². The Kier molecular flexibility index (Phi) is 4.39. The molecule has 2 aromatic heterocycles. The van der Waals surface area contributed by atoms with E-state index in [1.165, 1.54) is 0 Å². The van der Waals surface area contributed by atoms with Crippen molar-refractivity contribution in [2.75, 3.05) is 13.2 Å². The standard InChI is InChI=1S/C22H14F3N3O3/c23-22(24,25)14-6-8-19(26-12-14)28-21(29)16-4-2-1-3-15(16)20(27-28)13-5-7-17-18(11-13)31-10-9-30-17/h1-8,11-12H,9-10H2. The Hall–Kier alpha value is -3.88. The number of halogens is 3. The van der Waals surface area contributed by atoms with E-state index in [-0.39, 0.29) is 5.82 Å². The fourth-order valence-corrected chi connectivity index (χ4v) is 3.43. The molecule has 5 rings (SSSR count). The number of fused-ring (bicyclic) bond motifs is 2. The van der Waals surface area contributed by atoms with Crippen LogP contribution in [-0.2, 0) is 6.18 Å². The van der Waals surface area contributed by atoms with Crippen LogP contribution in [0.2, 0.25) is 0 Å². The average molecular weight is 425 g/mol. The quantitative estimate of drug-likeness (QED) is 0.481. The van der Waals surface area contributed by atoms with Crippen molar-refractivity contribution in [1.82, 2.24) is 14.8 Å². The van der Waals surface area contributed by atoms with Crippen LogP contribution in [0.15, 0.2) is 65.6 Å². The molecule has 0 radical (unpaired) electrons. The van der Waals surface area contributed by atoms with E-state index in [2.05, 4.69) is 10.1 Å². The van der Waals surface area contributed by atoms with Crippen molar-refractivity contribution in [2.45, 2.75) is 6.18 Å². The van der Waals surface area contributed by atoms with Crippen molar-refractivity contribution in [3.63, 3.8) is 0 Å². The van der Waals surface area contributed by atoms with E-state index >= 15 is 0 Å².